The summed E-state index contributed by atoms with van der Waals surface area (Å²) in [5.74, 6) is 0. The smallest absolute Gasteiger partial charge is 0.409 e. The van der Waals surface area contributed by atoms with Gasteiger partial charge in [0.2, 0.25) is 0 Å². The summed E-state index contributed by atoms with van der Waals surface area (Å²) in [5, 5.41) is 9.45. The first-order valence-corrected chi connectivity index (χ1v) is 8.75. The van der Waals surface area contributed by atoms with Crippen LogP contribution in [0.25, 0.3) is 0 Å². The predicted octanol–water partition coefficient (Wildman–Crippen LogP) is 4.50. The van der Waals surface area contributed by atoms with Gasteiger partial charge in [-0.3, -0.25) is 4.90 Å². The van der Waals surface area contributed by atoms with E-state index in [4.69, 9.17) is 4.74 Å². The van der Waals surface area contributed by atoms with Gasteiger partial charge in [0.05, 0.1) is 12.6 Å². The summed E-state index contributed by atoms with van der Waals surface area (Å²) in [6, 6.07) is 18.4. The standard InChI is InChI=1S/C19H21NO3S/c1-19(2)20(18(21)22)15(13-23-19)12-14-8-10-17(11-9-14)24-16-6-4-3-5-7-16/h3-11,15H,12-13H2,1-2H3,(H,21,22)/t15-/m0/s1. The van der Waals surface area contributed by atoms with E-state index in [2.05, 4.69) is 36.4 Å². The monoisotopic (exact) mass is 343 g/mol. The summed E-state index contributed by atoms with van der Waals surface area (Å²) < 4.78 is 5.64. The molecule has 3 rings (SSSR count). The fraction of sp³-hybridized carbons (Fsp3) is 0.316. The van der Waals surface area contributed by atoms with E-state index in [9.17, 15) is 9.90 Å². The highest BCUT2D eigenvalue weighted by Gasteiger charge is 2.43. The number of carboxylic acid groups (broad SMARTS) is 1. The van der Waals surface area contributed by atoms with Crippen molar-refractivity contribution >= 4 is 17.9 Å². The van der Waals surface area contributed by atoms with Crippen molar-refractivity contribution in [3.63, 3.8) is 0 Å². The lowest BCUT2D eigenvalue weighted by molar-refractivity contribution is -0.0419. The average Bonchev–Trinajstić information content (AvgIpc) is 2.85. The number of carbonyl (C=O) groups is 1. The molecule has 24 heavy (non-hydrogen) atoms. The predicted molar refractivity (Wildman–Crippen MR) is 94.4 cm³/mol. The number of rotatable bonds is 4. The van der Waals surface area contributed by atoms with Crippen molar-refractivity contribution in [1.29, 1.82) is 0 Å². The van der Waals surface area contributed by atoms with Crippen LogP contribution in [-0.2, 0) is 11.2 Å². The molecular formula is C19H21NO3S. The van der Waals surface area contributed by atoms with Gasteiger partial charge in [-0.05, 0) is 50.1 Å². The second kappa shape index (κ2) is 6.87. The highest BCUT2D eigenvalue weighted by molar-refractivity contribution is 7.99. The van der Waals surface area contributed by atoms with Crippen molar-refractivity contribution in [2.24, 2.45) is 0 Å². The Balaban J connectivity index is 1.67. The molecule has 2 aromatic carbocycles. The minimum absolute atomic E-state index is 0.148. The molecule has 0 spiro atoms. The lowest BCUT2D eigenvalue weighted by atomic mass is 10.1. The molecule has 0 bridgehead atoms. The second-order valence-corrected chi connectivity index (χ2v) is 7.47. The van der Waals surface area contributed by atoms with Gasteiger partial charge >= 0.3 is 6.09 Å². The zero-order chi connectivity index (χ0) is 17.2. The van der Waals surface area contributed by atoms with E-state index in [1.54, 1.807) is 25.6 Å². The van der Waals surface area contributed by atoms with Crippen molar-refractivity contribution in [2.75, 3.05) is 6.61 Å². The Kier molecular flexibility index (Phi) is 4.83. The molecule has 4 nitrogen and oxygen atoms in total. The van der Waals surface area contributed by atoms with Crippen molar-refractivity contribution in [3.8, 4) is 0 Å². The molecule has 1 N–H and O–H groups in total. The van der Waals surface area contributed by atoms with Crippen LogP contribution in [0, 0.1) is 0 Å². The molecule has 0 radical (unpaired) electrons. The van der Waals surface area contributed by atoms with Crippen LogP contribution >= 0.6 is 11.8 Å². The summed E-state index contributed by atoms with van der Waals surface area (Å²) in [6.45, 7) is 4.02. The Labute approximate surface area is 146 Å². The molecule has 1 saturated heterocycles. The number of benzene rings is 2. The van der Waals surface area contributed by atoms with E-state index >= 15 is 0 Å². The van der Waals surface area contributed by atoms with Crippen molar-refractivity contribution in [3.05, 3.63) is 60.2 Å². The first-order valence-electron chi connectivity index (χ1n) is 7.94. The Morgan fingerprint density at radius 1 is 1.17 bits per heavy atom. The van der Waals surface area contributed by atoms with Gasteiger partial charge in [0, 0.05) is 9.79 Å². The quantitative estimate of drug-likeness (QED) is 0.888. The third-order valence-corrected chi connectivity index (χ3v) is 5.17. The minimum atomic E-state index is -0.932. The van der Waals surface area contributed by atoms with Gasteiger partial charge in [0.1, 0.15) is 5.72 Å². The average molecular weight is 343 g/mol. The molecule has 0 saturated carbocycles. The van der Waals surface area contributed by atoms with E-state index < -0.39 is 11.8 Å². The summed E-state index contributed by atoms with van der Waals surface area (Å²) in [5.41, 5.74) is 0.351. The van der Waals surface area contributed by atoms with Crippen LogP contribution in [0.2, 0.25) is 0 Å². The maximum atomic E-state index is 11.5. The zero-order valence-corrected chi connectivity index (χ0v) is 14.6. The Morgan fingerprint density at radius 3 is 2.42 bits per heavy atom. The van der Waals surface area contributed by atoms with E-state index in [1.165, 1.54) is 14.7 Å². The summed E-state index contributed by atoms with van der Waals surface area (Å²) >= 11 is 1.72. The lowest BCUT2D eigenvalue weighted by Crippen LogP contribution is -2.47. The van der Waals surface area contributed by atoms with E-state index in [0.717, 1.165) is 5.56 Å². The van der Waals surface area contributed by atoms with E-state index in [1.807, 2.05) is 18.2 Å². The maximum absolute atomic E-state index is 11.5. The summed E-state index contributed by atoms with van der Waals surface area (Å²) in [7, 11) is 0. The maximum Gasteiger partial charge on any atom is 0.409 e. The van der Waals surface area contributed by atoms with Crippen LogP contribution in [0.15, 0.2) is 64.4 Å². The largest absolute Gasteiger partial charge is 0.465 e. The number of hydrogen-bond acceptors (Lipinski definition) is 3. The van der Waals surface area contributed by atoms with Gasteiger partial charge in [-0.2, -0.15) is 0 Å². The van der Waals surface area contributed by atoms with Crippen LogP contribution in [0.3, 0.4) is 0 Å². The van der Waals surface area contributed by atoms with Gasteiger partial charge in [-0.1, -0.05) is 42.1 Å². The molecule has 1 aliphatic heterocycles. The molecule has 2 aromatic rings. The SMILES string of the molecule is CC1(C)OC[C@H](Cc2ccc(Sc3ccccc3)cc2)N1C(=O)O. The molecule has 126 valence electrons. The van der Waals surface area contributed by atoms with Crippen LogP contribution in [0.5, 0.6) is 0 Å². The fourth-order valence-electron chi connectivity index (χ4n) is 3.01. The molecule has 1 fully saturated rings. The molecule has 1 aliphatic rings. The van der Waals surface area contributed by atoms with Gasteiger partial charge in [-0.15, -0.1) is 0 Å². The first-order chi connectivity index (χ1) is 11.5. The highest BCUT2D eigenvalue weighted by Crippen LogP contribution is 2.31. The van der Waals surface area contributed by atoms with Gasteiger partial charge < -0.3 is 9.84 Å². The van der Waals surface area contributed by atoms with Crippen LogP contribution < -0.4 is 0 Å². The Hall–Kier alpha value is -1.98. The molecular weight excluding hydrogens is 322 g/mol. The number of ether oxygens (including phenoxy) is 1. The van der Waals surface area contributed by atoms with E-state index in [0.29, 0.717) is 13.0 Å². The molecule has 1 heterocycles. The number of amides is 1. The molecule has 0 aromatic heterocycles. The Bertz CT molecular complexity index is 700. The number of hydrogen-bond donors (Lipinski definition) is 1. The van der Waals surface area contributed by atoms with Crippen LogP contribution in [0.1, 0.15) is 19.4 Å². The molecule has 0 unspecified atom stereocenters. The minimum Gasteiger partial charge on any atom is -0.465 e. The van der Waals surface area contributed by atoms with E-state index in [-0.39, 0.29) is 6.04 Å². The zero-order valence-electron chi connectivity index (χ0n) is 13.8. The molecule has 0 aliphatic carbocycles. The van der Waals surface area contributed by atoms with Crippen molar-refractivity contribution < 1.29 is 14.6 Å². The molecule has 1 atom stereocenters. The lowest BCUT2D eigenvalue weighted by Gasteiger charge is -2.31. The van der Waals surface area contributed by atoms with Crippen LogP contribution in [0.4, 0.5) is 4.79 Å². The molecule has 5 heteroatoms. The normalized spacial score (nSPS) is 19.4. The topological polar surface area (TPSA) is 49.8 Å². The van der Waals surface area contributed by atoms with Crippen molar-refractivity contribution in [1.82, 2.24) is 4.90 Å². The third kappa shape index (κ3) is 3.74. The summed E-state index contributed by atoms with van der Waals surface area (Å²) in [6.07, 6.45) is -0.273. The summed E-state index contributed by atoms with van der Waals surface area (Å²) in [4.78, 5) is 15.3. The van der Waals surface area contributed by atoms with Gasteiger partial charge in [0.15, 0.2) is 0 Å². The first kappa shape index (κ1) is 16.9. The van der Waals surface area contributed by atoms with Gasteiger partial charge in [-0.25, -0.2) is 4.79 Å². The number of nitrogens with zero attached hydrogens (tertiary/aromatic N) is 1. The second-order valence-electron chi connectivity index (χ2n) is 6.33. The van der Waals surface area contributed by atoms with Crippen molar-refractivity contribution in [2.45, 2.75) is 41.8 Å². The highest BCUT2D eigenvalue weighted by atomic mass is 32.2. The third-order valence-electron chi connectivity index (χ3n) is 4.15. The van der Waals surface area contributed by atoms with Crippen LogP contribution in [-0.4, -0.2) is 34.5 Å². The van der Waals surface area contributed by atoms with Gasteiger partial charge in [0.25, 0.3) is 0 Å². The molecule has 1 amide bonds. The fourth-order valence-corrected chi connectivity index (χ4v) is 3.85. The Morgan fingerprint density at radius 2 is 1.79 bits per heavy atom.